The van der Waals surface area contributed by atoms with Gasteiger partial charge in [-0.2, -0.15) is 0 Å². The van der Waals surface area contributed by atoms with Crippen LogP contribution in [0.1, 0.15) is 120 Å². The van der Waals surface area contributed by atoms with Gasteiger partial charge in [0.15, 0.2) is 40.4 Å². The van der Waals surface area contributed by atoms with Gasteiger partial charge < -0.3 is 43.4 Å². The number of ketones is 1. The van der Waals surface area contributed by atoms with Crippen molar-refractivity contribution in [3.63, 3.8) is 0 Å². The SMILES string of the molecule is COc1cc2c(c(F)c1OCCCOc1c(OC)cc3sc(C(=O)CCC(=O)OC4CCC(NC(=O)OC(C)(C)C)CC4)cc3c1F)CN(C(=O)CCC(=O)OC(C)(C)C)C2. The minimum Gasteiger partial charge on any atom is -0.493 e. The number of Topliss-reactive ketones (excluding diaryl/α,β-unsaturated/α-hetero) is 1. The number of esters is 2. The van der Waals surface area contributed by atoms with Crippen LogP contribution in [0.4, 0.5) is 13.6 Å². The molecule has 0 saturated heterocycles. The summed E-state index contributed by atoms with van der Waals surface area (Å²) in [6, 6.07) is 4.55. The number of ether oxygens (including phenoxy) is 7. The molecule has 1 aliphatic carbocycles. The van der Waals surface area contributed by atoms with E-state index in [1.807, 2.05) is 0 Å². The van der Waals surface area contributed by atoms with Crippen LogP contribution in [0.5, 0.6) is 23.0 Å². The lowest BCUT2D eigenvalue weighted by atomic mass is 9.93. The smallest absolute Gasteiger partial charge is 0.407 e. The van der Waals surface area contributed by atoms with E-state index in [2.05, 4.69) is 5.32 Å². The van der Waals surface area contributed by atoms with E-state index in [-0.39, 0.29) is 121 Å². The molecule has 2 heterocycles. The molecule has 0 atom stereocenters. The fourth-order valence-corrected chi connectivity index (χ4v) is 8.05. The number of thiophene rings is 1. The first-order chi connectivity index (χ1) is 28.7. The summed E-state index contributed by atoms with van der Waals surface area (Å²) in [5.41, 5.74) is -0.413. The zero-order valence-electron chi connectivity index (χ0n) is 36.1. The Morgan fingerprint density at radius 2 is 1.36 bits per heavy atom. The molecule has 5 rings (SSSR count). The summed E-state index contributed by atoms with van der Waals surface area (Å²) in [7, 11) is 2.74. The van der Waals surface area contributed by atoms with E-state index < -0.39 is 40.9 Å². The maximum Gasteiger partial charge on any atom is 0.407 e. The zero-order chi connectivity index (χ0) is 44.6. The van der Waals surface area contributed by atoms with Crippen LogP contribution >= 0.6 is 11.3 Å². The highest BCUT2D eigenvalue weighted by Crippen LogP contribution is 2.41. The van der Waals surface area contributed by atoms with Crippen molar-refractivity contribution in [3.8, 4) is 23.0 Å². The van der Waals surface area contributed by atoms with Gasteiger partial charge in [-0.05, 0) is 84.9 Å². The Hall–Kier alpha value is -5.19. The maximum atomic E-state index is 15.9. The summed E-state index contributed by atoms with van der Waals surface area (Å²) in [5.74, 6) is -3.07. The highest BCUT2D eigenvalue weighted by atomic mass is 32.1. The number of hydrogen-bond donors (Lipinski definition) is 1. The van der Waals surface area contributed by atoms with Gasteiger partial charge in [-0.25, -0.2) is 13.6 Å². The van der Waals surface area contributed by atoms with Crippen LogP contribution in [-0.4, -0.2) is 85.4 Å². The van der Waals surface area contributed by atoms with Gasteiger partial charge in [0.05, 0.1) is 45.2 Å². The molecular weight excluding hydrogens is 819 g/mol. The number of rotatable bonds is 17. The van der Waals surface area contributed by atoms with Crippen molar-refractivity contribution in [1.82, 2.24) is 10.2 Å². The second-order valence-electron chi connectivity index (χ2n) is 17.0. The van der Waals surface area contributed by atoms with Crippen LogP contribution in [0.15, 0.2) is 18.2 Å². The first-order valence-corrected chi connectivity index (χ1v) is 21.2. The van der Waals surface area contributed by atoms with Crippen molar-refractivity contribution in [2.75, 3.05) is 27.4 Å². The summed E-state index contributed by atoms with van der Waals surface area (Å²) >= 11 is 1.07. The Labute approximate surface area is 358 Å². The first kappa shape index (κ1) is 46.9. The van der Waals surface area contributed by atoms with E-state index in [4.69, 9.17) is 33.2 Å². The van der Waals surface area contributed by atoms with Gasteiger partial charge >= 0.3 is 18.0 Å². The molecule has 1 N–H and O–H groups in total. The third-order valence-corrected chi connectivity index (χ3v) is 11.0. The van der Waals surface area contributed by atoms with E-state index >= 15 is 8.78 Å². The third kappa shape index (κ3) is 12.9. The molecule has 61 heavy (non-hydrogen) atoms. The molecule has 0 unspecified atom stereocenters. The summed E-state index contributed by atoms with van der Waals surface area (Å²) in [4.78, 5) is 64.5. The number of methoxy groups -OCH3 is 2. The van der Waals surface area contributed by atoms with Crippen LogP contribution in [0.2, 0.25) is 0 Å². The molecule has 17 heteroatoms. The van der Waals surface area contributed by atoms with E-state index in [0.717, 1.165) is 11.3 Å². The third-order valence-electron chi connectivity index (χ3n) is 9.84. The molecule has 2 aromatic carbocycles. The van der Waals surface area contributed by atoms with E-state index in [9.17, 15) is 24.0 Å². The lowest BCUT2D eigenvalue weighted by Crippen LogP contribution is -2.42. The summed E-state index contributed by atoms with van der Waals surface area (Å²) in [5, 5.41) is 3.01. The Bertz CT molecular complexity index is 2100. The molecular formula is C44H56F2N2O12S. The van der Waals surface area contributed by atoms with E-state index in [0.29, 0.717) is 35.9 Å². The number of alkyl carbamates (subject to hydrolysis) is 1. The fourth-order valence-electron chi connectivity index (χ4n) is 7.00. The molecule has 0 bridgehead atoms. The van der Waals surface area contributed by atoms with E-state index in [1.54, 1.807) is 53.7 Å². The molecule has 1 fully saturated rings. The van der Waals surface area contributed by atoms with Crippen molar-refractivity contribution in [2.45, 2.75) is 136 Å². The van der Waals surface area contributed by atoms with Gasteiger partial charge in [-0.3, -0.25) is 19.2 Å². The Balaban J connectivity index is 1.09. The number of nitrogens with zero attached hydrogens (tertiary/aromatic N) is 1. The van der Waals surface area contributed by atoms with Gasteiger partial charge in [-0.1, -0.05) is 0 Å². The summed E-state index contributed by atoms with van der Waals surface area (Å²) in [6.07, 6.45) is 1.40. The van der Waals surface area contributed by atoms with Crippen LogP contribution in [0.25, 0.3) is 10.1 Å². The molecule has 0 spiro atoms. The number of benzene rings is 2. The number of fused-ring (bicyclic) bond motifs is 2. The fraction of sp³-hybridized carbons (Fsp3) is 0.568. The topological polar surface area (TPSA) is 165 Å². The molecule has 14 nitrogen and oxygen atoms in total. The second kappa shape index (κ2) is 20.1. The van der Waals surface area contributed by atoms with Gasteiger partial charge in [0.2, 0.25) is 5.91 Å². The predicted molar refractivity (Wildman–Crippen MR) is 221 cm³/mol. The molecule has 0 radical (unpaired) electrons. The number of amides is 2. The number of hydrogen-bond acceptors (Lipinski definition) is 13. The Kier molecular flexibility index (Phi) is 15.5. The number of nitrogens with one attached hydrogen (secondary N) is 1. The molecule has 1 aromatic heterocycles. The summed E-state index contributed by atoms with van der Waals surface area (Å²) in [6.45, 7) is 10.7. The van der Waals surface area contributed by atoms with Crippen molar-refractivity contribution in [3.05, 3.63) is 45.8 Å². The standard InChI is InChI=1S/C44H56F2N2O12S/c1-43(2,3)59-37(52)17-15-35(50)48-23-25-20-31(54-7)40(39(46)29(25)24-48)56-18-9-19-57-41-32(55-8)22-33-28(38(41)45)21-34(61-33)30(49)14-16-36(51)58-27-12-10-26(11-13-27)47-42(53)60-44(4,5)6/h20-22,26-27H,9-19,23-24H2,1-8H3,(H,47,53). The minimum atomic E-state index is -0.724. The second-order valence-corrected chi connectivity index (χ2v) is 18.1. The number of carbonyl (C=O) groups excluding carboxylic acids is 5. The van der Waals surface area contributed by atoms with Crippen molar-refractivity contribution in [2.24, 2.45) is 0 Å². The van der Waals surface area contributed by atoms with Crippen LogP contribution in [-0.2, 0) is 41.7 Å². The molecule has 3 aromatic rings. The van der Waals surface area contributed by atoms with Crippen LogP contribution < -0.4 is 24.3 Å². The lowest BCUT2D eigenvalue weighted by molar-refractivity contribution is -0.156. The highest BCUT2D eigenvalue weighted by Gasteiger charge is 2.31. The molecule has 1 saturated carbocycles. The molecule has 2 aliphatic rings. The Morgan fingerprint density at radius 1 is 0.754 bits per heavy atom. The van der Waals surface area contributed by atoms with Crippen molar-refractivity contribution >= 4 is 51.1 Å². The van der Waals surface area contributed by atoms with Gasteiger partial charge in [0.1, 0.15) is 17.3 Å². The number of halogens is 2. The monoisotopic (exact) mass is 874 g/mol. The van der Waals surface area contributed by atoms with Gasteiger partial charge in [0, 0.05) is 60.1 Å². The van der Waals surface area contributed by atoms with E-state index in [1.165, 1.54) is 25.2 Å². The maximum absolute atomic E-state index is 15.9. The average molecular weight is 875 g/mol. The summed E-state index contributed by atoms with van der Waals surface area (Å²) < 4.78 is 70.7. The minimum absolute atomic E-state index is 0.00171. The largest absolute Gasteiger partial charge is 0.493 e. The molecule has 2 amide bonds. The van der Waals surface area contributed by atoms with Gasteiger partial charge in [0.25, 0.3) is 0 Å². The van der Waals surface area contributed by atoms with Crippen LogP contribution in [0.3, 0.4) is 0 Å². The van der Waals surface area contributed by atoms with Gasteiger partial charge in [-0.15, -0.1) is 11.3 Å². The quantitative estimate of drug-likeness (QED) is 0.0597. The van der Waals surface area contributed by atoms with Crippen molar-refractivity contribution < 1.29 is 65.9 Å². The normalized spacial score (nSPS) is 16.4. The predicted octanol–water partition coefficient (Wildman–Crippen LogP) is 8.35. The van der Waals surface area contributed by atoms with Crippen LogP contribution in [0, 0.1) is 11.6 Å². The zero-order valence-corrected chi connectivity index (χ0v) is 36.9. The Morgan fingerprint density at radius 3 is 1.98 bits per heavy atom. The lowest BCUT2D eigenvalue weighted by Gasteiger charge is -2.29. The van der Waals surface area contributed by atoms with Crippen molar-refractivity contribution in [1.29, 1.82) is 0 Å². The highest BCUT2D eigenvalue weighted by molar-refractivity contribution is 7.20. The molecule has 334 valence electrons. The first-order valence-electron chi connectivity index (χ1n) is 20.4. The molecule has 1 aliphatic heterocycles. The number of carbonyl (C=O) groups is 5. The average Bonchev–Trinajstić information content (AvgIpc) is 3.82.